The van der Waals surface area contributed by atoms with Crippen LogP contribution in [0.2, 0.25) is 0 Å². The summed E-state index contributed by atoms with van der Waals surface area (Å²) in [5.41, 5.74) is 3.88. The zero-order valence-corrected chi connectivity index (χ0v) is 18.9. The van der Waals surface area contributed by atoms with E-state index in [0.717, 1.165) is 47.3 Å². The maximum Gasteiger partial charge on any atom is 0.261 e. The number of nitrogens with one attached hydrogen (secondary N) is 1. The van der Waals surface area contributed by atoms with Crippen molar-refractivity contribution in [3.05, 3.63) is 64.3 Å². The lowest BCUT2D eigenvalue weighted by atomic mass is 10.1. The molecule has 0 spiro atoms. The van der Waals surface area contributed by atoms with Gasteiger partial charge in [-0.25, -0.2) is 0 Å². The summed E-state index contributed by atoms with van der Waals surface area (Å²) in [4.78, 5) is 16.0. The van der Waals surface area contributed by atoms with Crippen LogP contribution in [0.15, 0.2) is 42.5 Å². The molecule has 4 aromatic rings. The van der Waals surface area contributed by atoms with Crippen LogP contribution in [0.5, 0.6) is 5.75 Å². The quantitative estimate of drug-likeness (QED) is 0.468. The van der Waals surface area contributed by atoms with Crippen molar-refractivity contribution in [1.82, 2.24) is 30.0 Å². The van der Waals surface area contributed by atoms with Gasteiger partial charge in [-0.1, -0.05) is 12.1 Å². The number of hydrogen-bond acceptors (Lipinski definition) is 7. The van der Waals surface area contributed by atoms with Gasteiger partial charge in [-0.3, -0.25) is 4.79 Å². The van der Waals surface area contributed by atoms with Gasteiger partial charge in [0.2, 0.25) is 0 Å². The molecule has 8 nitrogen and oxygen atoms in total. The maximum atomic E-state index is 12.4. The molecule has 9 heteroatoms. The van der Waals surface area contributed by atoms with Gasteiger partial charge in [0.25, 0.3) is 5.91 Å². The second kappa shape index (κ2) is 8.68. The third-order valence-corrected chi connectivity index (χ3v) is 6.48. The van der Waals surface area contributed by atoms with E-state index in [4.69, 9.17) is 9.84 Å². The topological polar surface area (TPSA) is 84.7 Å². The summed E-state index contributed by atoms with van der Waals surface area (Å²) >= 11 is 1.43. The summed E-state index contributed by atoms with van der Waals surface area (Å²) < 4.78 is 7.39. The number of rotatable bonds is 7. The van der Waals surface area contributed by atoms with Crippen molar-refractivity contribution in [2.24, 2.45) is 0 Å². The highest BCUT2D eigenvalue weighted by Gasteiger charge is 2.16. The van der Waals surface area contributed by atoms with Crippen LogP contribution in [0.4, 0.5) is 0 Å². The van der Waals surface area contributed by atoms with Crippen molar-refractivity contribution in [2.45, 2.75) is 12.8 Å². The second-order valence-electron chi connectivity index (χ2n) is 8.05. The molecule has 0 aliphatic carbocycles. The van der Waals surface area contributed by atoms with E-state index in [0.29, 0.717) is 23.5 Å². The number of fused-ring (bicyclic) bond motifs is 2. The van der Waals surface area contributed by atoms with Crippen molar-refractivity contribution in [1.29, 1.82) is 0 Å². The zero-order valence-electron chi connectivity index (χ0n) is 18.0. The molecule has 0 saturated heterocycles. The first-order valence-electron chi connectivity index (χ1n) is 10.6. The van der Waals surface area contributed by atoms with Crippen molar-refractivity contribution in [2.75, 3.05) is 33.8 Å². The lowest BCUT2D eigenvalue weighted by Gasteiger charge is -2.09. The summed E-state index contributed by atoms with van der Waals surface area (Å²) in [6.07, 6.45) is 1.57. The highest BCUT2D eigenvalue weighted by molar-refractivity contribution is 7.17. The van der Waals surface area contributed by atoms with E-state index in [-0.39, 0.29) is 5.91 Å². The van der Waals surface area contributed by atoms with E-state index in [2.05, 4.69) is 27.6 Å². The third-order valence-electron chi connectivity index (χ3n) is 5.37. The molecule has 0 atom stereocenters. The van der Waals surface area contributed by atoms with E-state index in [1.807, 2.05) is 49.3 Å². The van der Waals surface area contributed by atoms with Gasteiger partial charge >= 0.3 is 0 Å². The standard InChI is InChI=1S/C23H24N6O2S/c1-28(2)11-10-24-23(30)20-7-6-19(32-20)17-4-8-21-25-26-22(29(21)27-17)14-15-3-5-18-16(13-15)9-12-31-18/h3-8,13H,9-12,14H2,1-2H3,(H,24,30). The number of hydrogen-bond donors (Lipinski definition) is 1. The SMILES string of the molecule is CN(C)CCNC(=O)c1ccc(-c2ccc3nnc(Cc4ccc5c(c4)CCO5)n3n2)s1. The summed E-state index contributed by atoms with van der Waals surface area (Å²) in [7, 11) is 3.96. The minimum absolute atomic E-state index is 0.0604. The van der Waals surface area contributed by atoms with E-state index in [1.54, 1.807) is 4.52 Å². The summed E-state index contributed by atoms with van der Waals surface area (Å²) in [6.45, 7) is 2.16. The van der Waals surface area contributed by atoms with Crippen molar-refractivity contribution in [3.8, 4) is 16.3 Å². The predicted molar refractivity (Wildman–Crippen MR) is 123 cm³/mol. The molecule has 0 saturated carbocycles. The van der Waals surface area contributed by atoms with E-state index < -0.39 is 0 Å². The normalized spacial score (nSPS) is 12.8. The van der Waals surface area contributed by atoms with E-state index >= 15 is 0 Å². The molecule has 4 heterocycles. The number of carbonyl (C=O) groups excluding carboxylic acids is 1. The molecule has 3 aromatic heterocycles. The third kappa shape index (κ3) is 4.21. The first-order chi connectivity index (χ1) is 15.6. The fourth-order valence-corrected chi connectivity index (χ4v) is 4.57. The molecule has 0 unspecified atom stereocenters. The Balaban J connectivity index is 1.36. The van der Waals surface area contributed by atoms with Crippen LogP contribution in [0.25, 0.3) is 16.2 Å². The number of nitrogens with zero attached hydrogens (tertiary/aromatic N) is 5. The van der Waals surface area contributed by atoms with Crippen LogP contribution >= 0.6 is 11.3 Å². The Hall–Kier alpha value is -3.30. The number of amides is 1. The van der Waals surface area contributed by atoms with Crippen LogP contribution in [0.3, 0.4) is 0 Å². The van der Waals surface area contributed by atoms with Gasteiger partial charge in [0.1, 0.15) is 11.4 Å². The molecular weight excluding hydrogens is 424 g/mol. The predicted octanol–water partition coefficient (Wildman–Crippen LogP) is 2.67. The van der Waals surface area contributed by atoms with E-state index in [1.165, 1.54) is 16.9 Å². The lowest BCUT2D eigenvalue weighted by Crippen LogP contribution is -2.30. The number of aromatic nitrogens is 4. The number of thiophene rings is 1. The molecule has 164 valence electrons. The van der Waals surface area contributed by atoms with Crippen LogP contribution in [0.1, 0.15) is 26.6 Å². The fourth-order valence-electron chi connectivity index (χ4n) is 3.69. The Morgan fingerprint density at radius 2 is 2.09 bits per heavy atom. The molecule has 0 fully saturated rings. The van der Waals surface area contributed by atoms with Crippen molar-refractivity contribution >= 4 is 22.9 Å². The van der Waals surface area contributed by atoms with Crippen LogP contribution in [0, 0.1) is 0 Å². The highest BCUT2D eigenvalue weighted by Crippen LogP contribution is 2.28. The summed E-state index contributed by atoms with van der Waals surface area (Å²) in [5, 5.41) is 16.3. The van der Waals surface area contributed by atoms with Gasteiger partial charge in [0.05, 0.1) is 16.4 Å². The molecule has 5 rings (SSSR count). The molecular formula is C23H24N6O2S. The van der Waals surface area contributed by atoms with Gasteiger partial charge in [-0.15, -0.1) is 21.5 Å². The second-order valence-corrected chi connectivity index (χ2v) is 9.13. The average Bonchev–Trinajstić information content (AvgIpc) is 3.53. The first-order valence-corrected chi connectivity index (χ1v) is 11.4. The number of ether oxygens (including phenoxy) is 1. The maximum absolute atomic E-state index is 12.4. The molecule has 32 heavy (non-hydrogen) atoms. The largest absolute Gasteiger partial charge is 0.493 e. The van der Waals surface area contributed by atoms with E-state index in [9.17, 15) is 4.79 Å². The Labute approximate surface area is 189 Å². The molecule has 0 radical (unpaired) electrons. The minimum atomic E-state index is -0.0604. The Morgan fingerprint density at radius 1 is 1.19 bits per heavy atom. The van der Waals surface area contributed by atoms with Gasteiger partial charge in [-0.05, 0) is 55.6 Å². The van der Waals surface area contributed by atoms with Gasteiger partial charge < -0.3 is 15.0 Å². The van der Waals surface area contributed by atoms with Crippen LogP contribution in [-0.2, 0) is 12.8 Å². The van der Waals surface area contributed by atoms with Crippen LogP contribution in [-0.4, -0.2) is 64.4 Å². The van der Waals surface area contributed by atoms with Gasteiger partial charge in [-0.2, -0.15) is 9.61 Å². The number of carbonyl (C=O) groups is 1. The van der Waals surface area contributed by atoms with Crippen molar-refractivity contribution in [3.63, 3.8) is 0 Å². The molecule has 1 amide bonds. The number of likely N-dealkylation sites (N-methyl/N-ethyl adjacent to an activating group) is 1. The monoisotopic (exact) mass is 448 g/mol. The smallest absolute Gasteiger partial charge is 0.261 e. The minimum Gasteiger partial charge on any atom is -0.493 e. The molecule has 1 aliphatic heterocycles. The average molecular weight is 449 g/mol. The Bertz CT molecular complexity index is 1280. The summed E-state index contributed by atoms with van der Waals surface area (Å²) in [6, 6.07) is 13.9. The molecule has 1 aromatic carbocycles. The fraction of sp³-hybridized carbons (Fsp3) is 0.304. The van der Waals surface area contributed by atoms with Crippen LogP contribution < -0.4 is 10.1 Å². The first kappa shape index (κ1) is 20.6. The van der Waals surface area contributed by atoms with Gasteiger partial charge in [0, 0.05) is 25.9 Å². The highest BCUT2D eigenvalue weighted by atomic mass is 32.1. The number of benzene rings is 1. The van der Waals surface area contributed by atoms with Gasteiger partial charge in [0.15, 0.2) is 11.5 Å². The molecule has 1 aliphatic rings. The molecule has 1 N–H and O–H groups in total. The molecule has 0 bridgehead atoms. The Kier molecular flexibility index (Phi) is 5.59. The Morgan fingerprint density at radius 3 is 2.97 bits per heavy atom. The summed E-state index contributed by atoms with van der Waals surface area (Å²) in [5.74, 6) is 1.69. The zero-order chi connectivity index (χ0) is 22.1. The lowest BCUT2D eigenvalue weighted by molar-refractivity contribution is 0.0955. The van der Waals surface area contributed by atoms with Crippen molar-refractivity contribution < 1.29 is 9.53 Å².